The van der Waals surface area contributed by atoms with Crippen molar-refractivity contribution >= 4 is 0 Å². The Hall–Kier alpha value is -0.120. The fourth-order valence-corrected chi connectivity index (χ4v) is 3.08. The second-order valence-corrected chi connectivity index (χ2v) is 6.85. The van der Waals surface area contributed by atoms with Crippen molar-refractivity contribution in [3.63, 3.8) is 0 Å². The minimum absolute atomic E-state index is 0.0206. The van der Waals surface area contributed by atoms with Crippen LogP contribution in [0.25, 0.3) is 0 Å². The summed E-state index contributed by atoms with van der Waals surface area (Å²) in [5, 5.41) is 13.5. The summed E-state index contributed by atoms with van der Waals surface area (Å²) in [4.78, 5) is 0. The van der Waals surface area contributed by atoms with Gasteiger partial charge in [-0.15, -0.1) is 0 Å². The van der Waals surface area contributed by atoms with Gasteiger partial charge in [0.15, 0.2) is 0 Å². The lowest BCUT2D eigenvalue weighted by molar-refractivity contribution is -0.139. The van der Waals surface area contributed by atoms with Crippen LogP contribution in [0.2, 0.25) is 0 Å². The van der Waals surface area contributed by atoms with Crippen LogP contribution in [0.3, 0.4) is 0 Å². The molecule has 0 aromatic carbocycles. The van der Waals surface area contributed by atoms with Crippen LogP contribution in [-0.4, -0.2) is 36.0 Å². The molecule has 100 valence electrons. The molecular formula is C14H27NO2. The van der Waals surface area contributed by atoms with Crippen LogP contribution in [-0.2, 0) is 4.74 Å². The fraction of sp³-hybridized carbons (Fsp3) is 1.00. The first-order valence-electron chi connectivity index (χ1n) is 6.85. The summed E-state index contributed by atoms with van der Waals surface area (Å²) < 4.78 is 5.74. The molecule has 0 aliphatic heterocycles. The van der Waals surface area contributed by atoms with Gasteiger partial charge in [0.05, 0.1) is 12.2 Å². The molecular weight excluding hydrogens is 214 g/mol. The lowest BCUT2D eigenvalue weighted by Gasteiger charge is -2.58. The first-order chi connectivity index (χ1) is 7.80. The van der Waals surface area contributed by atoms with Crippen molar-refractivity contribution in [2.45, 2.75) is 71.8 Å². The first-order valence-corrected chi connectivity index (χ1v) is 6.85. The Morgan fingerprint density at radius 2 is 1.71 bits per heavy atom. The van der Waals surface area contributed by atoms with Crippen LogP contribution in [0.5, 0.6) is 0 Å². The highest BCUT2D eigenvalue weighted by molar-refractivity contribution is 5.09. The zero-order valence-electron chi connectivity index (χ0n) is 11.8. The van der Waals surface area contributed by atoms with E-state index in [0.29, 0.717) is 18.2 Å². The van der Waals surface area contributed by atoms with Gasteiger partial charge >= 0.3 is 0 Å². The molecule has 4 unspecified atom stereocenters. The molecule has 2 N–H and O–H groups in total. The topological polar surface area (TPSA) is 41.5 Å². The molecule has 0 radical (unpaired) electrons. The Bertz CT molecular complexity index is 288. The molecule has 0 saturated heterocycles. The Balaban J connectivity index is 1.87. The third-order valence-corrected chi connectivity index (χ3v) is 5.16. The van der Waals surface area contributed by atoms with Crippen LogP contribution in [0.15, 0.2) is 0 Å². The van der Waals surface area contributed by atoms with E-state index in [2.05, 4.69) is 39.9 Å². The molecule has 0 bridgehead atoms. The second-order valence-electron chi connectivity index (χ2n) is 6.85. The summed E-state index contributed by atoms with van der Waals surface area (Å²) in [6.07, 6.45) is 2.23. The van der Waals surface area contributed by atoms with Crippen molar-refractivity contribution in [1.82, 2.24) is 5.32 Å². The molecule has 0 amide bonds. The Kier molecular flexibility index (Phi) is 3.30. The van der Waals surface area contributed by atoms with Crippen molar-refractivity contribution in [3.05, 3.63) is 0 Å². The summed E-state index contributed by atoms with van der Waals surface area (Å²) in [5.41, 5.74) is 0.236. The fourth-order valence-electron chi connectivity index (χ4n) is 3.08. The molecule has 3 nitrogen and oxygen atoms in total. The van der Waals surface area contributed by atoms with Crippen LogP contribution in [0.1, 0.15) is 47.5 Å². The molecule has 2 aliphatic carbocycles. The number of aliphatic hydroxyl groups is 1. The molecule has 2 fully saturated rings. The van der Waals surface area contributed by atoms with E-state index in [1.54, 1.807) is 0 Å². The van der Waals surface area contributed by atoms with Crippen LogP contribution in [0, 0.1) is 10.8 Å². The number of aliphatic hydroxyl groups excluding tert-OH is 1. The van der Waals surface area contributed by atoms with Gasteiger partial charge in [0.1, 0.15) is 0 Å². The van der Waals surface area contributed by atoms with Crippen LogP contribution < -0.4 is 5.32 Å². The molecule has 2 rings (SSSR count). The van der Waals surface area contributed by atoms with E-state index in [0.717, 1.165) is 19.4 Å². The molecule has 0 aromatic rings. The SMILES string of the molecule is CCOC1CC(NC2CC(O)C2(C)C)C1(C)C. The summed E-state index contributed by atoms with van der Waals surface area (Å²) in [7, 11) is 0. The average Bonchev–Trinajstić information content (AvgIpc) is 2.26. The third kappa shape index (κ3) is 2.02. The van der Waals surface area contributed by atoms with E-state index in [1.165, 1.54) is 0 Å². The van der Waals surface area contributed by atoms with Gasteiger partial charge < -0.3 is 15.2 Å². The minimum Gasteiger partial charge on any atom is -0.392 e. The molecule has 4 atom stereocenters. The Morgan fingerprint density at radius 1 is 1.12 bits per heavy atom. The van der Waals surface area contributed by atoms with Gasteiger partial charge in [0, 0.05) is 29.5 Å². The van der Waals surface area contributed by atoms with Crippen molar-refractivity contribution < 1.29 is 9.84 Å². The monoisotopic (exact) mass is 241 g/mol. The predicted octanol–water partition coefficient (Wildman–Crippen LogP) is 1.94. The van der Waals surface area contributed by atoms with Crippen molar-refractivity contribution in [1.29, 1.82) is 0 Å². The molecule has 2 aliphatic rings. The standard InChI is InChI=1S/C14H27NO2/c1-6-17-12-8-10(14(12,4)5)15-9-7-11(16)13(9,2)3/h9-12,15-16H,6-8H2,1-5H3. The van der Waals surface area contributed by atoms with Crippen molar-refractivity contribution in [2.24, 2.45) is 10.8 Å². The lowest BCUT2D eigenvalue weighted by Crippen LogP contribution is -2.69. The van der Waals surface area contributed by atoms with Gasteiger partial charge in [0.25, 0.3) is 0 Å². The number of ether oxygens (including phenoxy) is 1. The maximum Gasteiger partial charge on any atom is 0.0655 e. The third-order valence-electron chi connectivity index (χ3n) is 5.16. The summed E-state index contributed by atoms with van der Waals surface area (Å²) in [5.74, 6) is 0. The average molecular weight is 241 g/mol. The molecule has 2 saturated carbocycles. The number of hydrogen-bond acceptors (Lipinski definition) is 3. The smallest absolute Gasteiger partial charge is 0.0655 e. The van der Waals surface area contributed by atoms with E-state index in [-0.39, 0.29) is 16.9 Å². The predicted molar refractivity (Wildman–Crippen MR) is 68.9 cm³/mol. The van der Waals surface area contributed by atoms with Gasteiger partial charge in [-0.1, -0.05) is 27.7 Å². The zero-order valence-corrected chi connectivity index (χ0v) is 11.8. The number of hydrogen-bond donors (Lipinski definition) is 2. The Morgan fingerprint density at radius 3 is 2.12 bits per heavy atom. The second kappa shape index (κ2) is 4.22. The largest absolute Gasteiger partial charge is 0.392 e. The quantitative estimate of drug-likeness (QED) is 0.790. The van der Waals surface area contributed by atoms with Crippen LogP contribution in [0.4, 0.5) is 0 Å². The van der Waals surface area contributed by atoms with Gasteiger partial charge in [-0.25, -0.2) is 0 Å². The number of rotatable bonds is 4. The highest BCUT2D eigenvalue weighted by Gasteiger charge is 2.54. The highest BCUT2D eigenvalue weighted by Crippen LogP contribution is 2.47. The molecule has 0 aromatic heterocycles. The molecule has 0 spiro atoms. The van der Waals surface area contributed by atoms with Gasteiger partial charge in [0.2, 0.25) is 0 Å². The maximum absolute atomic E-state index is 9.75. The van der Waals surface area contributed by atoms with E-state index in [1.807, 2.05) is 0 Å². The summed E-state index contributed by atoms with van der Waals surface area (Å²) >= 11 is 0. The van der Waals surface area contributed by atoms with E-state index >= 15 is 0 Å². The van der Waals surface area contributed by atoms with Gasteiger partial charge in [-0.2, -0.15) is 0 Å². The van der Waals surface area contributed by atoms with Crippen molar-refractivity contribution in [3.8, 4) is 0 Å². The zero-order chi connectivity index (χ0) is 12.8. The first kappa shape index (κ1) is 13.3. The molecule has 3 heteroatoms. The van der Waals surface area contributed by atoms with Gasteiger partial charge in [-0.3, -0.25) is 0 Å². The lowest BCUT2D eigenvalue weighted by atomic mass is 9.60. The number of nitrogens with one attached hydrogen (secondary N) is 1. The van der Waals surface area contributed by atoms with E-state index in [9.17, 15) is 5.11 Å². The van der Waals surface area contributed by atoms with E-state index in [4.69, 9.17) is 4.74 Å². The highest BCUT2D eigenvalue weighted by atomic mass is 16.5. The van der Waals surface area contributed by atoms with Crippen LogP contribution >= 0.6 is 0 Å². The Labute approximate surface area is 105 Å². The summed E-state index contributed by atoms with van der Waals surface area (Å²) in [6, 6.07) is 0.972. The van der Waals surface area contributed by atoms with Gasteiger partial charge in [-0.05, 0) is 19.8 Å². The molecule has 17 heavy (non-hydrogen) atoms. The summed E-state index contributed by atoms with van der Waals surface area (Å²) in [6.45, 7) is 11.7. The minimum atomic E-state index is -0.147. The maximum atomic E-state index is 9.75. The normalized spacial score (nSPS) is 42.7. The van der Waals surface area contributed by atoms with Crippen molar-refractivity contribution in [2.75, 3.05) is 6.61 Å². The molecule has 0 heterocycles. The van der Waals surface area contributed by atoms with E-state index < -0.39 is 0 Å².